The average Bonchev–Trinajstić information content (AvgIpc) is 3.29. The summed E-state index contributed by atoms with van der Waals surface area (Å²) in [5, 5.41) is 0.501. The van der Waals surface area contributed by atoms with E-state index in [0.29, 0.717) is 40.9 Å². The van der Waals surface area contributed by atoms with Gasteiger partial charge in [-0.05, 0) is 55.3 Å². The molecule has 4 rings (SSSR count). The van der Waals surface area contributed by atoms with E-state index < -0.39 is 9.84 Å². The van der Waals surface area contributed by atoms with E-state index >= 15 is 0 Å². The van der Waals surface area contributed by atoms with E-state index in [1.807, 2.05) is 0 Å². The van der Waals surface area contributed by atoms with Crippen molar-refractivity contribution in [2.24, 2.45) is 0 Å². The first-order chi connectivity index (χ1) is 17.4. The molecule has 1 aliphatic rings. The van der Waals surface area contributed by atoms with Gasteiger partial charge in [0.25, 0.3) is 0 Å². The highest BCUT2D eigenvalue weighted by atomic mass is 32.2. The average molecular weight is 536 g/mol. The number of methoxy groups -OCH3 is 1. The van der Waals surface area contributed by atoms with Gasteiger partial charge in [-0.15, -0.1) is 0 Å². The van der Waals surface area contributed by atoms with Crippen LogP contribution < -0.4 is 9.64 Å². The molecule has 1 fully saturated rings. The zero-order valence-electron chi connectivity index (χ0n) is 20.2. The van der Waals surface area contributed by atoms with Gasteiger partial charge in [-0.25, -0.2) is 17.8 Å². The van der Waals surface area contributed by atoms with Crippen LogP contribution in [0.5, 0.6) is 5.75 Å². The lowest BCUT2D eigenvalue weighted by Crippen LogP contribution is -2.39. The van der Waals surface area contributed by atoms with E-state index in [2.05, 4.69) is 9.88 Å². The minimum Gasteiger partial charge on any atom is -0.497 e. The molecule has 8 nitrogen and oxygen atoms in total. The summed E-state index contributed by atoms with van der Waals surface area (Å²) in [6.07, 6.45) is 0.990. The molecule has 0 N–H and O–H groups in total. The van der Waals surface area contributed by atoms with Gasteiger partial charge >= 0.3 is 0 Å². The van der Waals surface area contributed by atoms with Crippen molar-refractivity contribution in [3.8, 4) is 5.75 Å². The van der Waals surface area contributed by atoms with Crippen LogP contribution >= 0.6 is 11.3 Å². The Morgan fingerprint density at radius 3 is 2.64 bits per heavy atom. The molecule has 1 saturated heterocycles. The first-order valence-electron chi connectivity index (χ1n) is 11.9. The standard InChI is InChI=1S/C25H30FN3O5S2/c1-33-20-6-8-21(9-7-20)36(31,32)17-2-4-24(30)29(12-3-11-28-13-15-34-16-14-28)25-27-22-10-5-19(26)18-23(22)35-25/h5-10,18H,2-4,11-17H2,1H3. The zero-order chi connectivity index (χ0) is 25.5. The molecule has 0 atom stereocenters. The maximum Gasteiger partial charge on any atom is 0.228 e. The maximum absolute atomic E-state index is 13.7. The molecule has 0 radical (unpaired) electrons. The number of halogens is 1. The number of hydrogen-bond donors (Lipinski definition) is 0. The van der Waals surface area contributed by atoms with Gasteiger partial charge in [0, 0.05) is 32.6 Å². The van der Waals surface area contributed by atoms with Crippen LogP contribution in [-0.2, 0) is 19.4 Å². The molecule has 2 heterocycles. The first kappa shape index (κ1) is 26.5. The number of aromatic nitrogens is 1. The number of nitrogens with zero attached hydrogens (tertiary/aromatic N) is 3. The lowest BCUT2D eigenvalue weighted by Gasteiger charge is -2.27. The number of thiazole rings is 1. The first-order valence-corrected chi connectivity index (χ1v) is 14.4. The van der Waals surface area contributed by atoms with Crippen molar-refractivity contribution in [1.82, 2.24) is 9.88 Å². The number of sulfone groups is 1. The van der Waals surface area contributed by atoms with Crippen LogP contribution in [0.2, 0.25) is 0 Å². The number of anilines is 1. The summed E-state index contributed by atoms with van der Waals surface area (Å²) in [5.74, 6) is -0.113. The smallest absolute Gasteiger partial charge is 0.228 e. The molecule has 1 aliphatic heterocycles. The van der Waals surface area contributed by atoms with E-state index in [1.165, 1.54) is 42.7 Å². The van der Waals surface area contributed by atoms with Gasteiger partial charge < -0.3 is 9.47 Å². The van der Waals surface area contributed by atoms with Crippen molar-refractivity contribution in [2.45, 2.75) is 24.2 Å². The van der Waals surface area contributed by atoms with Crippen molar-refractivity contribution in [2.75, 3.05) is 57.2 Å². The molecule has 0 bridgehead atoms. The topological polar surface area (TPSA) is 89.0 Å². The Balaban J connectivity index is 1.42. The van der Waals surface area contributed by atoms with Gasteiger partial charge in [-0.3, -0.25) is 14.6 Å². The number of fused-ring (bicyclic) bond motifs is 1. The summed E-state index contributed by atoms with van der Waals surface area (Å²) >= 11 is 1.26. The van der Waals surface area contributed by atoms with Crippen LogP contribution in [-0.4, -0.2) is 76.5 Å². The number of carbonyl (C=O) groups is 1. The summed E-state index contributed by atoms with van der Waals surface area (Å²) in [6.45, 7) is 4.39. The molecule has 3 aromatic rings. The predicted octanol–water partition coefficient (Wildman–Crippen LogP) is 3.75. The van der Waals surface area contributed by atoms with Gasteiger partial charge in [0.15, 0.2) is 15.0 Å². The van der Waals surface area contributed by atoms with E-state index in [4.69, 9.17) is 9.47 Å². The summed E-state index contributed by atoms with van der Waals surface area (Å²) in [6, 6.07) is 10.6. The monoisotopic (exact) mass is 535 g/mol. The molecular formula is C25H30FN3O5S2. The lowest BCUT2D eigenvalue weighted by molar-refractivity contribution is -0.118. The van der Waals surface area contributed by atoms with Gasteiger partial charge in [0.05, 0.1) is 41.2 Å². The van der Waals surface area contributed by atoms with Crippen LogP contribution in [0.25, 0.3) is 10.2 Å². The van der Waals surface area contributed by atoms with E-state index in [1.54, 1.807) is 23.1 Å². The minimum atomic E-state index is -3.53. The van der Waals surface area contributed by atoms with Gasteiger partial charge in [-0.2, -0.15) is 0 Å². The summed E-state index contributed by atoms with van der Waals surface area (Å²) in [4.78, 5) is 21.9. The van der Waals surface area contributed by atoms with Crippen LogP contribution in [0, 0.1) is 5.82 Å². The number of benzene rings is 2. The Hall–Kier alpha value is -2.60. The molecule has 36 heavy (non-hydrogen) atoms. The Labute approximate surface area is 214 Å². The lowest BCUT2D eigenvalue weighted by atomic mass is 10.2. The summed E-state index contributed by atoms with van der Waals surface area (Å²) in [5.41, 5.74) is 0.629. The fourth-order valence-electron chi connectivity index (χ4n) is 4.06. The molecule has 11 heteroatoms. The third-order valence-electron chi connectivity index (χ3n) is 6.05. The largest absolute Gasteiger partial charge is 0.497 e. The van der Waals surface area contributed by atoms with Crippen molar-refractivity contribution >= 4 is 42.4 Å². The van der Waals surface area contributed by atoms with Gasteiger partial charge in [0.2, 0.25) is 5.91 Å². The quantitative estimate of drug-likeness (QED) is 0.369. The van der Waals surface area contributed by atoms with Crippen LogP contribution in [0.4, 0.5) is 9.52 Å². The predicted molar refractivity (Wildman–Crippen MR) is 138 cm³/mol. The normalized spacial score (nSPS) is 14.7. The Bertz CT molecular complexity index is 1270. The molecule has 194 valence electrons. The molecule has 1 amide bonds. The number of amides is 1. The van der Waals surface area contributed by atoms with Crippen molar-refractivity contribution in [3.05, 3.63) is 48.3 Å². The highest BCUT2D eigenvalue weighted by Crippen LogP contribution is 2.30. The summed E-state index contributed by atoms with van der Waals surface area (Å²) < 4.78 is 50.3. The molecule has 2 aromatic carbocycles. The fraction of sp³-hybridized carbons (Fsp3) is 0.440. The van der Waals surface area contributed by atoms with Crippen LogP contribution in [0.3, 0.4) is 0 Å². The third-order valence-corrected chi connectivity index (χ3v) is 8.91. The molecule has 0 saturated carbocycles. The van der Waals surface area contributed by atoms with Crippen molar-refractivity contribution < 1.29 is 27.1 Å². The van der Waals surface area contributed by atoms with Gasteiger partial charge in [-0.1, -0.05) is 11.3 Å². The Morgan fingerprint density at radius 1 is 1.17 bits per heavy atom. The highest BCUT2D eigenvalue weighted by Gasteiger charge is 2.22. The molecule has 0 unspecified atom stereocenters. The Kier molecular flexibility index (Phi) is 8.89. The number of hydrogen-bond acceptors (Lipinski definition) is 8. The molecule has 1 aromatic heterocycles. The number of carbonyl (C=O) groups excluding carboxylic acids is 1. The van der Waals surface area contributed by atoms with E-state index in [-0.39, 0.29) is 35.2 Å². The highest BCUT2D eigenvalue weighted by molar-refractivity contribution is 7.91. The molecule has 0 spiro atoms. The molecule has 0 aliphatic carbocycles. The van der Waals surface area contributed by atoms with E-state index in [9.17, 15) is 17.6 Å². The van der Waals surface area contributed by atoms with Gasteiger partial charge in [0.1, 0.15) is 11.6 Å². The number of rotatable bonds is 11. The van der Waals surface area contributed by atoms with Crippen LogP contribution in [0.15, 0.2) is 47.4 Å². The number of ether oxygens (including phenoxy) is 2. The van der Waals surface area contributed by atoms with Crippen molar-refractivity contribution in [1.29, 1.82) is 0 Å². The maximum atomic E-state index is 13.7. The molecular weight excluding hydrogens is 505 g/mol. The Morgan fingerprint density at radius 2 is 1.92 bits per heavy atom. The minimum absolute atomic E-state index is 0.0667. The second-order valence-electron chi connectivity index (χ2n) is 8.56. The SMILES string of the molecule is COc1ccc(S(=O)(=O)CCCC(=O)N(CCCN2CCOCC2)c2nc3ccc(F)cc3s2)cc1. The van der Waals surface area contributed by atoms with Crippen molar-refractivity contribution in [3.63, 3.8) is 0 Å². The van der Waals surface area contributed by atoms with Crippen LogP contribution in [0.1, 0.15) is 19.3 Å². The number of morpholine rings is 1. The van der Waals surface area contributed by atoms with E-state index in [0.717, 1.165) is 26.1 Å². The second kappa shape index (κ2) is 12.1. The fourth-order valence-corrected chi connectivity index (χ4v) is 6.40. The third kappa shape index (κ3) is 6.78. The zero-order valence-corrected chi connectivity index (χ0v) is 21.8. The second-order valence-corrected chi connectivity index (χ2v) is 11.7. The summed E-state index contributed by atoms with van der Waals surface area (Å²) in [7, 11) is -2.01.